The number of amides is 1. The van der Waals surface area contributed by atoms with E-state index < -0.39 is 15.9 Å². The summed E-state index contributed by atoms with van der Waals surface area (Å²) < 4.78 is 36.0. The lowest BCUT2D eigenvalue weighted by Crippen LogP contribution is -2.38. The molecule has 0 aliphatic rings. The number of sulfonamides is 1. The van der Waals surface area contributed by atoms with Crippen LogP contribution in [-0.2, 0) is 10.0 Å². The fourth-order valence-electron chi connectivity index (χ4n) is 2.17. The van der Waals surface area contributed by atoms with E-state index in [4.69, 9.17) is 9.15 Å². The molecule has 0 aliphatic carbocycles. The number of rotatable bonds is 8. The van der Waals surface area contributed by atoms with Gasteiger partial charge in [-0.3, -0.25) is 9.10 Å². The number of hydrogen-bond acceptors (Lipinski definition) is 5. The lowest BCUT2D eigenvalue weighted by atomic mass is 10.3. The average molecular weight is 352 g/mol. The monoisotopic (exact) mass is 352 g/mol. The van der Waals surface area contributed by atoms with Crippen molar-refractivity contribution < 1.29 is 22.4 Å². The summed E-state index contributed by atoms with van der Waals surface area (Å²) in [5.74, 6) is 0.255. The quantitative estimate of drug-likeness (QED) is 0.783. The van der Waals surface area contributed by atoms with E-state index in [1.165, 1.54) is 16.6 Å². The zero-order valence-corrected chi connectivity index (χ0v) is 14.4. The number of ether oxygens (including phenoxy) is 1. The second kappa shape index (κ2) is 7.87. The third-order valence-corrected chi connectivity index (χ3v) is 4.36. The van der Waals surface area contributed by atoms with Crippen LogP contribution in [-0.4, -0.2) is 40.3 Å². The largest absolute Gasteiger partial charge is 0.492 e. The van der Waals surface area contributed by atoms with E-state index in [1.54, 1.807) is 30.3 Å². The van der Waals surface area contributed by atoms with Crippen LogP contribution in [0.4, 0.5) is 5.69 Å². The first-order valence-corrected chi connectivity index (χ1v) is 9.29. The maximum absolute atomic E-state index is 12.1. The minimum Gasteiger partial charge on any atom is -0.492 e. The van der Waals surface area contributed by atoms with Crippen molar-refractivity contribution in [3.63, 3.8) is 0 Å². The van der Waals surface area contributed by atoms with E-state index in [-0.39, 0.29) is 18.8 Å². The number of carbonyl (C=O) groups is 1. The molecule has 1 aromatic heterocycles. The fourth-order valence-corrected chi connectivity index (χ4v) is 3.10. The van der Waals surface area contributed by atoms with Crippen molar-refractivity contribution >= 4 is 21.6 Å². The van der Waals surface area contributed by atoms with Gasteiger partial charge in [0.2, 0.25) is 10.0 Å². The highest BCUT2D eigenvalue weighted by Gasteiger charge is 2.21. The van der Waals surface area contributed by atoms with Gasteiger partial charge >= 0.3 is 0 Å². The van der Waals surface area contributed by atoms with Crippen molar-refractivity contribution in [3.05, 3.63) is 48.4 Å². The Kier molecular flexibility index (Phi) is 5.86. The molecule has 0 saturated carbocycles. The van der Waals surface area contributed by atoms with Crippen molar-refractivity contribution in [3.8, 4) is 5.75 Å². The second-order valence-corrected chi connectivity index (χ2v) is 6.88. The van der Waals surface area contributed by atoms with Crippen LogP contribution in [0.1, 0.15) is 17.5 Å². The molecule has 1 aromatic carbocycles. The summed E-state index contributed by atoms with van der Waals surface area (Å²) in [6.45, 7) is 2.46. The molecule has 2 rings (SSSR count). The molecule has 2 aromatic rings. The molecule has 130 valence electrons. The Hall–Kier alpha value is -2.48. The second-order valence-electron chi connectivity index (χ2n) is 4.97. The number of nitrogens with one attached hydrogen (secondary N) is 1. The molecule has 0 spiro atoms. The molecule has 1 N–H and O–H groups in total. The van der Waals surface area contributed by atoms with E-state index in [0.717, 1.165) is 6.26 Å². The molecule has 0 fully saturated rings. The van der Waals surface area contributed by atoms with Crippen LogP contribution in [0.25, 0.3) is 0 Å². The van der Waals surface area contributed by atoms with E-state index in [9.17, 15) is 13.2 Å². The van der Waals surface area contributed by atoms with Gasteiger partial charge in [-0.2, -0.15) is 0 Å². The van der Waals surface area contributed by atoms with Crippen molar-refractivity contribution in [1.29, 1.82) is 0 Å². The highest BCUT2D eigenvalue weighted by atomic mass is 32.2. The third-order valence-electron chi connectivity index (χ3n) is 3.18. The molecule has 0 unspecified atom stereocenters. The molecular formula is C16H20N2O5S. The van der Waals surface area contributed by atoms with Gasteiger partial charge in [-0.15, -0.1) is 0 Å². The molecule has 0 aliphatic heterocycles. The minimum absolute atomic E-state index is 0.0787. The number of furan rings is 1. The minimum atomic E-state index is -3.53. The molecule has 0 atom stereocenters. The maximum atomic E-state index is 12.1. The van der Waals surface area contributed by atoms with Crippen LogP contribution in [0.5, 0.6) is 5.75 Å². The van der Waals surface area contributed by atoms with Gasteiger partial charge in [-0.25, -0.2) is 8.42 Å². The number of benzene rings is 1. The molecule has 0 radical (unpaired) electrons. The highest BCUT2D eigenvalue weighted by Crippen LogP contribution is 2.29. The van der Waals surface area contributed by atoms with Crippen molar-refractivity contribution in [2.45, 2.75) is 6.92 Å². The SMILES string of the molecule is CCOc1ccccc1N(CCNC(=O)c1ccco1)S(C)(=O)=O. The van der Waals surface area contributed by atoms with Gasteiger partial charge < -0.3 is 14.5 Å². The van der Waals surface area contributed by atoms with E-state index in [0.29, 0.717) is 18.0 Å². The van der Waals surface area contributed by atoms with Gasteiger partial charge in [-0.05, 0) is 31.2 Å². The Morgan fingerprint density at radius 3 is 2.62 bits per heavy atom. The molecule has 8 heteroatoms. The first-order chi connectivity index (χ1) is 11.4. The van der Waals surface area contributed by atoms with Gasteiger partial charge in [0.1, 0.15) is 5.75 Å². The van der Waals surface area contributed by atoms with Gasteiger partial charge in [0.15, 0.2) is 5.76 Å². The van der Waals surface area contributed by atoms with Crippen LogP contribution in [0.3, 0.4) is 0 Å². The first-order valence-electron chi connectivity index (χ1n) is 7.44. The van der Waals surface area contributed by atoms with Crippen LogP contribution >= 0.6 is 0 Å². The van der Waals surface area contributed by atoms with Crippen LogP contribution in [0.15, 0.2) is 47.1 Å². The van der Waals surface area contributed by atoms with E-state index in [2.05, 4.69) is 5.32 Å². The Morgan fingerprint density at radius 2 is 2.00 bits per heavy atom. The molecule has 7 nitrogen and oxygen atoms in total. The summed E-state index contributed by atoms with van der Waals surface area (Å²) in [5, 5.41) is 2.63. The lowest BCUT2D eigenvalue weighted by Gasteiger charge is -2.24. The van der Waals surface area contributed by atoms with Crippen molar-refractivity contribution in [1.82, 2.24) is 5.32 Å². The molecular weight excluding hydrogens is 332 g/mol. The number of nitrogens with zero attached hydrogens (tertiary/aromatic N) is 1. The molecule has 1 amide bonds. The fraction of sp³-hybridized carbons (Fsp3) is 0.312. The predicted octanol–water partition coefficient (Wildman–Crippen LogP) is 1.87. The summed E-state index contributed by atoms with van der Waals surface area (Å²) in [7, 11) is -3.53. The Bertz CT molecular complexity index is 772. The van der Waals surface area contributed by atoms with E-state index >= 15 is 0 Å². The number of para-hydroxylation sites is 2. The topological polar surface area (TPSA) is 88.8 Å². The van der Waals surface area contributed by atoms with Crippen molar-refractivity contribution in [2.75, 3.05) is 30.3 Å². The molecule has 0 bridgehead atoms. The highest BCUT2D eigenvalue weighted by molar-refractivity contribution is 7.92. The van der Waals surface area contributed by atoms with Crippen LogP contribution < -0.4 is 14.4 Å². The lowest BCUT2D eigenvalue weighted by molar-refractivity contribution is 0.0927. The summed E-state index contributed by atoms with van der Waals surface area (Å²) in [6, 6.07) is 10.0. The predicted molar refractivity (Wildman–Crippen MR) is 90.8 cm³/mol. The molecule has 0 saturated heterocycles. The Balaban J connectivity index is 2.11. The zero-order chi connectivity index (χ0) is 17.6. The zero-order valence-electron chi connectivity index (χ0n) is 13.6. The van der Waals surface area contributed by atoms with Gasteiger partial charge in [0.05, 0.1) is 31.4 Å². The maximum Gasteiger partial charge on any atom is 0.287 e. The summed E-state index contributed by atoms with van der Waals surface area (Å²) in [5.41, 5.74) is 0.439. The average Bonchev–Trinajstić information content (AvgIpc) is 3.06. The number of anilines is 1. The van der Waals surface area contributed by atoms with Gasteiger partial charge in [0, 0.05) is 6.54 Å². The molecule has 24 heavy (non-hydrogen) atoms. The summed E-state index contributed by atoms with van der Waals surface area (Å²) in [6.07, 6.45) is 2.51. The smallest absolute Gasteiger partial charge is 0.287 e. The number of carbonyl (C=O) groups excluding carboxylic acids is 1. The van der Waals surface area contributed by atoms with E-state index in [1.807, 2.05) is 6.92 Å². The normalized spacial score (nSPS) is 11.1. The van der Waals surface area contributed by atoms with Crippen molar-refractivity contribution in [2.24, 2.45) is 0 Å². The summed E-state index contributed by atoms with van der Waals surface area (Å²) >= 11 is 0. The van der Waals surface area contributed by atoms with Crippen LogP contribution in [0.2, 0.25) is 0 Å². The van der Waals surface area contributed by atoms with Crippen LogP contribution in [0, 0.1) is 0 Å². The summed E-state index contributed by atoms with van der Waals surface area (Å²) in [4.78, 5) is 11.8. The molecule has 1 heterocycles. The van der Waals surface area contributed by atoms with Gasteiger partial charge in [0.25, 0.3) is 5.91 Å². The Labute approximate surface area is 141 Å². The Morgan fingerprint density at radius 1 is 1.25 bits per heavy atom. The number of hydrogen-bond donors (Lipinski definition) is 1. The standard InChI is InChI=1S/C16H20N2O5S/c1-3-22-14-8-5-4-7-13(14)18(24(2,20)21)11-10-17-16(19)15-9-6-12-23-15/h4-9,12H,3,10-11H2,1-2H3,(H,17,19). The third kappa shape index (κ3) is 4.51. The van der Waals surface area contributed by atoms with Gasteiger partial charge in [-0.1, -0.05) is 12.1 Å². The first kappa shape index (κ1) is 17.9.